The summed E-state index contributed by atoms with van der Waals surface area (Å²) in [7, 11) is 0. The minimum Gasteiger partial charge on any atom is -0.310 e. The number of nitrogens with one attached hydrogen (secondary N) is 1. The van der Waals surface area contributed by atoms with Crippen molar-refractivity contribution in [2.45, 2.75) is 58.3 Å². The molecule has 1 aromatic rings. The Labute approximate surface area is 122 Å². The lowest BCUT2D eigenvalue weighted by molar-refractivity contribution is -0.137. The van der Waals surface area contributed by atoms with E-state index in [4.69, 9.17) is 0 Å². The highest BCUT2D eigenvalue weighted by atomic mass is 19.4. The van der Waals surface area contributed by atoms with E-state index in [2.05, 4.69) is 19.2 Å². The zero-order valence-electron chi connectivity index (χ0n) is 12.4. The number of halogens is 4. The molecule has 1 aliphatic rings. The summed E-state index contributed by atoms with van der Waals surface area (Å²) in [6.45, 7) is 4.72. The maximum Gasteiger partial charge on any atom is 0.416 e. The highest BCUT2D eigenvalue weighted by Crippen LogP contribution is 2.35. The summed E-state index contributed by atoms with van der Waals surface area (Å²) >= 11 is 0. The first-order valence-corrected chi connectivity index (χ1v) is 7.26. The average Bonchev–Trinajstić information content (AvgIpc) is 2.36. The fraction of sp³-hybridized carbons (Fsp3) is 0.625. The molecule has 1 nitrogen and oxygen atoms in total. The first-order chi connectivity index (χ1) is 9.66. The van der Waals surface area contributed by atoms with Crippen molar-refractivity contribution >= 4 is 0 Å². The summed E-state index contributed by atoms with van der Waals surface area (Å²) < 4.78 is 51.2. The van der Waals surface area contributed by atoms with E-state index in [0.29, 0.717) is 23.1 Å². The van der Waals surface area contributed by atoms with Crippen molar-refractivity contribution in [2.24, 2.45) is 5.41 Å². The predicted molar refractivity (Wildman–Crippen MR) is 74.3 cm³/mol. The molecule has 1 aliphatic carbocycles. The van der Waals surface area contributed by atoms with E-state index < -0.39 is 17.6 Å². The third-order valence-electron chi connectivity index (χ3n) is 4.22. The summed E-state index contributed by atoms with van der Waals surface area (Å²) in [5.74, 6) is -0.841. The molecule has 0 heterocycles. The lowest BCUT2D eigenvalue weighted by Gasteiger charge is -2.34. The summed E-state index contributed by atoms with van der Waals surface area (Å²) in [5.41, 5.74) is -0.239. The first kappa shape index (κ1) is 16.3. The van der Waals surface area contributed by atoms with E-state index in [1.807, 2.05) is 0 Å². The van der Waals surface area contributed by atoms with E-state index >= 15 is 0 Å². The van der Waals surface area contributed by atoms with Crippen molar-refractivity contribution in [3.8, 4) is 0 Å². The van der Waals surface area contributed by atoms with E-state index in [9.17, 15) is 17.6 Å². The SMILES string of the molecule is CC1(C)CCC(NCc2cc(F)cc(C(F)(F)F)c2)CC1. The van der Waals surface area contributed by atoms with E-state index in [-0.39, 0.29) is 6.54 Å². The number of rotatable bonds is 3. The van der Waals surface area contributed by atoms with Gasteiger partial charge in [0.25, 0.3) is 0 Å². The van der Waals surface area contributed by atoms with Crippen LogP contribution in [0, 0.1) is 11.2 Å². The molecule has 5 heteroatoms. The first-order valence-electron chi connectivity index (χ1n) is 7.26. The summed E-state index contributed by atoms with van der Waals surface area (Å²) in [5, 5.41) is 3.25. The molecule has 1 N–H and O–H groups in total. The molecule has 1 aromatic carbocycles. The van der Waals surface area contributed by atoms with Crippen LogP contribution in [0.15, 0.2) is 18.2 Å². The topological polar surface area (TPSA) is 12.0 Å². The Bertz CT molecular complexity index is 484. The normalized spacial score (nSPS) is 19.7. The number of benzene rings is 1. The molecule has 0 amide bonds. The second-order valence-corrected chi connectivity index (χ2v) is 6.67. The van der Waals surface area contributed by atoms with Crippen LogP contribution < -0.4 is 5.32 Å². The Kier molecular flexibility index (Phi) is 4.61. The van der Waals surface area contributed by atoms with Crippen molar-refractivity contribution < 1.29 is 17.6 Å². The fourth-order valence-electron chi connectivity index (χ4n) is 2.78. The molecular formula is C16H21F4N. The van der Waals surface area contributed by atoms with Crippen LogP contribution in [0.4, 0.5) is 17.6 Å². The van der Waals surface area contributed by atoms with Crippen LogP contribution in [0.2, 0.25) is 0 Å². The Balaban J connectivity index is 1.96. The van der Waals surface area contributed by atoms with Crippen LogP contribution in [-0.2, 0) is 12.7 Å². The predicted octanol–water partition coefficient (Wildman–Crippen LogP) is 4.90. The highest BCUT2D eigenvalue weighted by Gasteiger charge is 2.31. The Morgan fingerprint density at radius 1 is 1.14 bits per heavy atom. The van der Waals surface area contributed by atoms with Gasteiger partial charge in [0.05, 0.1) is 5.56 Å². The molecule has 0 radical (unpaired) electrons. The quantitative estimate of drug-likeness (QED) is 0.783. The largest absolute Gasteiger partial charge is 0.416 e. The van der Waals surface area contributed by atoms with Crippen LogP contribution in [-0.4, -0.2) is 6.04 Å². The van der Waals surface area contributed by atoms with Crippen LogP contribution in [0.1, 0.15) is 50.7 Å². The highest BCUT2D eigenvalue weighted by molar-refractivity contribution is 5.26. The smallest absolute Gasteiger partial charge is 0.310 e. The average molecular weight is 303 g/mol. The molecule has 0 unspecified atom stereocenters. The maximum atomic E-state index is 13.3. The number of hydrogen-bond donors (Lipinski definition) is 1. The molecule has 1 fully saturated rings. The van der Waals surface area contributed by atoms with Gasteiger partial charge in [0.2, 0.25) is 0 Å². The van der Waals surface area contributed by atoms with Gasteiger partial charge < -0.3 is 5.32 Å². The van der Waals surface area contributed by atoms with Crippen LogP contribution in [0.3, 0.4) is 0 Å². The van der Waals surface area contributed by atoms with Gasteiger partial charge in [-0.2, -0.15) is 13.2 Å². The van der Waals surface area contributed by atoms with Crippen molar-refractivity contribution in [3.63, 3.8) is 0 Å². The number of alkyl halides is 3. The van der Waals surface area contributed by atoms with E-state index in [1.54, 1.807) is 0 Å². The Morgan fingerprint density at radius 2 is 1.76 bits per heavy atom. The Morgan fingerprint density at radius 3 is 2.33 bits per heavy atom. The van der Waals surface area contributed by atoms with Gasteiger partial charge in [-0.1, -0.05) is 13.8 Å². The van der Waals surface area contributed by atoms with Crippen molar-refractivity contribution in [3.05, 3.63) is 35.1 Å². The minimum absolute atomic E-state index is 0.270. The molecule has 0 aromatic heterocycles. The molecule has 21 heavy (non-hydrogen) atoms. The second-order valence-electron chi connectivity index (χ2n) is 6.67. The molecule has 0 atom stereocenters. The van der Waals surface area contributed by atoms with Gasteiger partial charge in [-0.15, -0.1) is 0 Å². The third kappa shape index (κ3) is 4.70. The van der Waals surface area contributed by atoms with Crippen molar-refractivity contribution in [1.29, 1.82) is 0 Å². The molecule has 2 rings (SSSR count). The summed E-state index contributed by atoms with van der Waals surface area (Å²) in [6, 6.07) is 3.01. The fourth-order valence-corrected chi connectivity index (χ4v) is 2.78. The molecule has 0 bridgehead atoms. The molecule has 0 aliphatic heterocycles. The molecule has 1 saturated carbocycles. The minimum atomic E-state index is -4.51. The maximum absolute atomic E-state index is 13.3. The standard InChI is InChI=1S/C16H21F4N/c1-15(2)5-3-14(4-6-15)21-10-11-7-12(16(18,19)20)9-13(17)8-11/h7-9,14,21H,3-6,10H2,1-2H3. The molecular weight excluding hydrogens is 282 g/mol. The van der Waals surface area contributed by atoms with Gasteiger partial charge in [0, 0.05) is 12.6 Å². The second kappa shape index (κ2) is 5.95. The lowest BCUT2D eigenvalue weighted by atomic mass is 9.75. The Hall–Kier alpha value is -1.10. The molecule has 0 saturated heterocycles. The van der Waals surface area contributed by atoms with Gasteiger partial charge in [-0.05, 0) is 54.9 Å². The van der Waals surface area contributed by atoms with Crippen molar-refractivity contribution in [1.82, 2.24) is 5.32 Å². The van der Waals surface area contributed by atoms with Gasteiger partial charge in [0.1, 0.15) is 5.82 Å². The van der Waals surface area contributed by atoms with Crippen LogP contribution in [0.25, 0.3) is 0 Å². The third-order valence-corrected chi connectivity index (χ3v) is 4.22. The molecule has 0 spiro atoms. The van der Waals surface area contributed by atoms with Gasteiger partial charge >= 0.3 is 6.18 Å². The van der Waals surface area contributed by atoms with Gasteiger partial charge in [0.15, 0.2) is 0 Å². The number of hydrogen-bond acceptors (Lipinski definition) is 1. The summed E-state index contributed by atoms with van der Waals surface area (Å²) in [6.07, 6.45) is -0.294. The zero-order chi connectivity index (χ0) is 15.7. The van der Waals surface area contributed by atoms with Gasteiger partial charge in [-0.25, -0.2) is 4.39 Å². The van der Waals surface area contributed by atoms with E-state index in [1.165, 1.54) is 0 Å². The monoisotopic (exact) mass is 303 g/mol. The van der Waals surface area contributed by atoms with Crippen LogP contribution in [0.5, 0.6) is 0 Å². The summed E-state index contributed by atoms with van der Waals surface area (Å²) in [4.78, 5) is 0. The van der Waals surface area contributed by atoms with Crippen molar-refractivity contribution in [2.75, 3.05) is 0 Å². The van der Waals surface area contributed by atoms with Crippen LogP contribution >= 0.6 is 0 Å². The lowest BCUT2D eigenvalue weighted by Crippen LogP contribution is -2.35. The van der Waals surface area contributed by atoms with E-state index in [0.717, 1.165) is 37.8 Å². The van der Waals surface area contributed by atoms with Gasteiger partial charge in [-0.3, -0.25) is 0 Å². The molecule has 118 valence electrons. The zero-order valence-corrected chi connectivity index (χ0v) is 12.4.